The summed E-state index contributed by atoms with van der Waals surface area (Å²) >= 11 is 0. The van der Waals surface area contributed by atoms with Crippen LogP contribution in [0, 0.1) is 0 Å². The van der Waals surface area contributed by atoms with Gasteiger partial charge in [-0.15, -0.1) is 0 Å². The van der Waals surface area contributed by atoms with Crippen LogP contribution in [0.25, 0.3) is 0 Å². The van der Waals surface area contributed by atoms with Gasteiger partial charge in [0.2, 0.25) is 0 Å². The number of hydrogen-bond acceptors (Lipinski definition) is 2. The van der Waals surface area contributed by atoms with Gasteiger partial charge in [0, 0.05) is 11.9 Å². The number of benzene rings is 1. The number of pyridine rings is 1. The first-order chi connectivity index (χ1) is 9.16. The molecule has 2 aromatic rings. The number of para-hydroxylation sites is 1. The summed E-state index contributed by atoms with van der Waals surface area (Å²) < 4.78 is 0. The number of nitrogens with one attached hydrogen (secondary N) is 2. The lowest BCUT2D eigenvalue weighted by molar-refractivity contribution is 0.262. The van der Waals surface area contributed by atoms with E-state index in [4.69, 9.17) is 0 Å². The lowest BCUT2D eigenvalue weighted by atomic mass is 10.0. The molecule has 0 unspecified atom stereocenters. The Morgan fingerprint density at radius 1 is 1.05 bits per heavy atom. The van der Waals surface area contributed by atoms with Crippen molar-refractivity contribution >= 4 is 17.5 Å². The Labute approximate surface area is 112 Å². The van der Waals surface area contributed by atoms with E-state index < -0.39 is 0 Å². The monoisotopic (exact) mass is 255 g/mol. The van der Waals surface area contributed by atoms with Crippen LogP contribution in [-0.2, 0) is 0 Å². The maximum absolute atomic E-state index is 11.9. The predicted octanol–water partition coefficient (Wildman–Crippen LogP) is 3.85. The number of urea groups is 1. The first kappa shape index (κ1) is 13.1. The normalized spacial score (nSPS) is 10.3. The minimum Gasteiger partial charge on any atom is -0.307 e. The molecule has 0 aliphatic heterocycles. The highest BCUT2D eigenvalue weighted by Gasteiger charge is 2.09. The lowest BCUT2D eigenvalue weighted by Crippen LogP contribution is -2.20. The van der Waals surface area contributed by atoms with E-state index >= 15 is 0 Å². The van der Waals surface area contributed by atoms with E-state index in [-0.39, 0.29) is 6.03 Å². The van der Waals surface area contributed by atoms with Gasteiger partial charge < -0.3 is 5.32 Å². The molecule has 19 heavy (non-hydrogen) atoms. The molecule has 0 aliphatic rings. The maximum Gasteiger partial charge on any atom is 0.324 e. The van der Waals surface area contributed by atoms with Crippen molar-refractivity contribution in [3.8, 4) is 0 Å². The van der Waals surface area contributed by atoms with Gasteiger partial charge in [0.25, 0.3) is 0 Å². The van der Waals surface area contributed by atoms with Crippen LogP contribution in [0.15, 0.2) is 48.7 Å². The molecule has 0 atom stereocenters. The Morgan fingerprint density at radius 3 is 2.47 bits per heavy atom. The van der Waals surface area contributed by atoms with Crippen molar-refractivity contribution < 1.29 is 4.79 Å². The number of carbonyl (C=O) groups excluding carboxylic acids is 1. The molecule has 98 valence electrons. The van der Waals surface area contributed by atoms with Crippen LogP contribution >= 0.6 is 0 Å². The molecule has 2 N–H and O–H groups in total. The minimum absolute atomic E-state index is 0.285. The largest absolute Gasteiger partial charge is 0.324 e. The number of anilines is 2. The molecule has 0 aliphatic carbocycles. The lowest BCUT2D eigenvalue weighted by Gasteiger charge is -2.13. The Morgan fingerprint density at radius 2 is 1.79 bits per heavy atom. The smallest absolute Gasteiger partial charge is 0.307 e. The summed E-state index contributed by atoms with van der Waals surface area (Å²) in [7, 11) is 0. The zero-order valence-corrected chi connectivity index (χ0v) is 11.1. The summed E-state index contributed by atoms with van der Waals surface area (Å²) in [6.45, 7) is 4.19. The van der Waals surface area contributed by atoms with Crippen LogP contribution in [0.2, 0.25) is 0 Å². The highest BCUT2D eigenvalue weighted by atomic mass is 16.2. The van der Waals surface area contributed by atoms with Gasteiger partial charge in [-0.1, -0.05) is 38.1 Å². The van der Waals surface area contributed by atoms with E-state index in [0.29, 0.717) is 11.7 Å². The molecule has 4 nitrogen and oxygen atoms in total. The van der Waals surface area contributed by atoms with Gasteiger partial charge in [-0.2, -0.15) is 0 Å². The fraction of sp³-hybridized carbons (Fsp3) is 0.200. The number of amides is 2. The molecule has 2 rings (SSSR count). The zero-order chi connectivity index (χ0) is 13.7. The van der Waals surface area contributed by atoms with E-state index in [9.17, 15) is 4.79 Å². The van der Waals surface area contributed by atoms with E-state index in [1.807, 2.05) is 30.3 Å². The molecule has 0 spiro atoms. The molecular formula is C15H17N3O. The third kappa shape index (κ3) is 3.55. The summed E-state index contributed by atoms with van der Waals surface area (Å²) in [4.78, 5) is 15.9. The number of aromatic nitrogens is 1. The maximum atomic E-state index is 11.9. The minimum atomic E-state index is -0.285. The molecular weight excluding hydrogens is 238 g/mol. The van der Waals surface area contributed by atoms with Crippen LogP contribution < -0.4 is 10.6 Å². The number of hydrogen-bond donors (Lipinski definition) is 2. The topological polar surface area (TPSA) is 54.0 Å². The molecule has 0 radical (unpaired) electrons. The molecule has 0 saturated carbocycles. The average molecular weight is 255 g/mol. The second kappa shape index (κ2) is 6.00. The van der Waals surface area contributed by atoms with Gasteiger partial charge in [-0.3, -0.25) is 5.32 Å². The third-order valence-corrected chi connectivity index (χ3v) is 2.74. The van der Waals surface area contributed by atoms with Gasteiger partial charge in [0.05, 0.1) is 0 Å². The Kier molecular flexibility index (Phi) is 4.13. The zero-order valence-electron chi connectivity index (χ0n) is 11.1. The molecule has 2 amide bonds. The molecule has 4 heteroatoms. The summed E-state index contributed by atoms with van der Waals surface area (Å²) in [6, 6.07) is 12.9. The van der Waals surface area contributed by atoms with Gasteiger partial charge in [-0.25, -0.2) is 9.78 Å². The third-order valence-electron chi connectivity index (χ3n) is 2.74. The Bertz CT molecular complexity index is 552. The van der Waals surface area contributed by atoms with E-state index in [0.717, 1.165) is 11.3 Å². The number of rotatable bonds is 3. The standard InChI is InChI=1S/C15H17N3O/c1-11(2)12-7-3-4-8-13(12)17-15(19)18-14-9-5-6-10-16-14/h3-11H,1-2H3,(H2,16,17,18,19). The molecule has 1 aromatic carbocycles. The highest BCUT2D eigenvalue weighted by molar-refractivity contribution is 5.99. The summed E-state index contributed by atoms with van der Waals surface area (Å²) in [5.41, 5.74) is 1.93. The van der Waals surface area contributed by atoms with Crippen LogP contribution in [0.3, 0.4) is 0 Å². The van der Waals surface area contributed by atoms with Crippen LogP contribution in [0.5, 0.6) is 0 Å². The quantitative estimate of drug-likeness (QED) is 0.875. The second-order valence-corrected chi connectivity index (χ2v) is 4.54. The van der Waals surface area contributed by atoms with Crippen molar-refractivity contribution in [3.63, 3.8) is 0 Å². The first-order valence-corrected chi connectivity index (χ1v) is 6.25. The van der Waals surface area contributed by atoms with Crippen LogP contribution in [0.1, 0.15) is 25.3 Å². The van der Waals surface area contributed by atoms with Crippen molar-refractivity contribution in [1.82, 2.24) is 4.98 Å². The molecule has 1 aromatic heterocycles. The van der Waals surface area contributed by atoms with E-state index in [1.54, 1.807) is 18.3 Å². The van der Waals surface area contributed by atoms with Gasteiger partial charge in [-0.05, 0) is 29.7 Å². The van der Waals surface area contributed by atoms with E-state index in [1.165, 1.54) is 0 Å². The molecule has 0 saturated heterocycles. The van der Waals surface area contributed by atoms with Crippen LogP contribution in [-0.4, -0.2) is 11.0 Å². The molecule has 1 heterocycles. The van der Waals surface area contributed by atoms with Crippen molar-refractivity contribution in [1.29, 1.82) is 0 Å². The molecule has 0 bridgehead atoms. The van der Waals surface area contributed by atoms with Gasteiger partial charge in [0.1, 0.15) is 5.82 Å². The molecule has 0 fully saturated rings. The fourth-order valence-electron chi connectivity index (χ4n) is 1.82. The van der Waals surface area contributed by atoms with Crippen molar-refractivity contribution in [3.05, 3.63) is 54.2 Å². The summed E-state index contributed by atoms with van der Waals surface area (Å²) in [5.74, 6) is 0.883. The second-order valence-electron chi connectivity index (χ2n) is 4.54. The average Bonchev–Trinajstić information content (AvgIpc) is 2.40. The summed E-state index contributed by atoms with van der Waals surface area (Å²) in [5, 5.41) is 5.55. The Hall–Kier alpha value is -2.36. The van der Waals surface area contributed by atoms with Crippen molar-refractivity contribution in [2.45, 2.75) is 19.8 Å². The van der Waals surface area contributed by atoms with Gasteiger partial charge >= 0.3 is 6.03 Å². The first-order valence-electron chi connectivity index (χ1n) is 6.25. The van der Waals surface area contributed by atoms with Gasteiger partial charge in [0.15, 0.2) is 0 Å². The number of nitrogens with zero attached hydrogens (tertiary/aromatic N) is 1. The number of carbonyl (C=O) groups is 1. The SMILES string of the molecule is CC(C)c1ccccc1NC(=O)Nc1ccccn1. The Balaban J connectivity index is 2.07. The fourth-order valence-corrected chi connectivity index (χ4v) is 1.82. The summed E-state index contributed by atoms with van der Waals surface area (Å²) in [6.07, 6.45) is 1.64. The predicted molar refractivity (Wildman–Crippen MR) is 77.4 cm³/mol. The van der Waals surface area contributed by atoms with Crippen molar-refractivity contribution in [2.75, 3.05) is 10.6 Å². The van der Waals surface area contributed by atoms with Crippen LogP contribution in [0.4, 0.5) is 16.3 Å². The highest BCUT2D eigenvalue weighted by Crippen LogP contribution is 2.23. The van der Waals surface area contributed by atoms with E-state index in [2.05, 4.69) is 29.5 Å². The van der Waals surface area contributed by atoms with Crippen molar-refractivity contribution in [2.24, 2.45) is 0 Å².